The minimum Gasteiger partial charge on any atom is -0.296 e. The van der Waals surface area contributed by atoms with Gasteiger partial charge in [0.05, 0.1) is 10.6 Å². The SMILES string of the molecule is CCn1nccc1C(=O)Nc1nc(C)c(C(C)=O)s1. The Hall–Kier alpha value is -2.02. The normalized spacial score (nSPS) is 10.5. The van der Waals surface area contributed by atoms with Crippen molar-refractivity contribution in [2.24, 2.45) is 0 Å². The lowest BCUT2D eigenvalue weighted by Gasteiger charge is -2.03. The van der Waals surface area contributed by atoms with E-state index in [0.717, 1.165) is 0 Å². The fourth-order valence-corrected chi connectivity index (χ4v) is 2.57. The van der Waals surface area contributed by atoms with Crippen molar-refractivity contribution in [1.29, 1.82) is 0 Å². The van der Waals surface area contributed by atoms with Crippen molar-refractivity contribution in [3.05, 3.63) is 28.5 Å². The summed E-state index contributed by atoms with van der Waals surface area (Å²) < 4.78 is 1.60. The first-order valence-electron chi connectivity index (χ1n) is 5.84. The molecule has 0 atom stereocenters. The smallest absolute Gasteiger partial charge is 0.275 e. The zero-order chi connectivity index (χ0) is 14.0. The van der Waals surface area contributed by atoms with Gasteiger partial charge >= 0.3 is 0 Å². The van der Waals surface area contributed by atoms with E-state index in [0.29, 0.717) is 27.9 Å². The van der Waals surface area contributed by atoms with Crippen LogP contribution < -0.4 is 5.32 Å². The molecule has 2 rings (SSSR count). The van der Waals surface area contributed by atoms with Crippen LogP contribution in [0, 0.1) is 6.92 Å². The predicted octanol–water partition coefficient (Wildman–Crippen LogP) is 2.12. The Morgan fingerprint density at radius 1 is 1.47 bits per heavy atom. The molecule has 1 N–H and O–H groups in total. The highest BCUT2D eigenvalue weighted by molar-refractivity contribution is 7.17. The number of aromatic nitrogens is 3. The number of carbonyl (C=O) groups excluding carboxylic acids is 2. The molecule has 2 heterocycles. The Balaban J connectivity index is 2.20. The molecule has 0 saturated heterocycles. The second kappa shape index (κ2) is 5.31. The van der Waals surface area contributed by atoms with Crippen LogP contribution in [0.15, 0.2) is 12.3 Å². The molecule has 2 aromatic rings. The molecule has 2 aromatic heterocycles. The summed E-state index contributed by atoms with van der Waals surface area (Å²) in [6.07, 6.45) is 1.58. The van der Waals surface area contributed by atoms with E-state index >= 15 is 0 Å². The summed E-state index contributed by atoms with van der Waals surface area (Å²) in [6, 6.07) is 1.64. The Morgan fingerprint density at radius 3 is 2.79 bits per heavy atom. The van der Waals surface area contributed by atoms with Gasteiger partial charge in [-0.25, -0.2) is 4.98 Å². The Bertz CT molecular complexity index is 629. The third kappa shape index (κ3) is 2.70. The maximum atomic E-state index is 12.1. The van der Waals surface area contributed by atoms with Crippen LogP contribution in [0.5, 0.6) is 0 Å². The first-order valence-corrected chi connectivity index (χ1v) is 6.66. The number of anilines is 1. The Labute approximate surface area is 114 Å². The van der Waals surface area contributed by atoms with Gasteiger partial charge in [0.25, 0.3) is 5.91 Å². The fourth-order valence-electron chi connectivity index (χ4n) is 1.72. The summed E-state index contributed by atoms with van der Waals surface area (Å²) in [4.78, 5) is 28.1. The van der Waals surface area contributed by atoms with Gasteiger partial charge in [0.2, 0.25) is 0 Å². The van der Waals surface area contributed by atoms with Crippen molar-refractivity contribution >= 4 is 28.2 Å². The Kier molecular flexibility index (Phi) is 3.75. The van der Waals surface area contributed by atoms with E-state index in [2.05, 4.69) is 15.4 Å². The van der Waals surface area contributed by atoms with Crippen molar-refractivity contribution in [3.63, 3.8) is 0 Å². The van der Waals surface area contributed by atoms with Crippen LogP contribution >= 0.6 is 11.3 Å². The van der Waals surface area contributed by atoms with Gasteiger partial charge in [0.15, 0.2) is 10.9 Å². The third-order valence-electron chi connectivity index (χ3n) is 2.59. The predicted molar refractivity (Wildman–Crippen MR) is 72.7 cm³/mol. The van der Waals surface area contributed by atoms with Gasteiger partial charge in [-0.15, -0.1) is 0 Å². The lowest BCUT2D eigenvalue weighted by molar-refractivity contribution is 0.101. The fraction of sp³-hybridized carbons (Fsp3) is 0.333. The van der Waals surface area contributed by atoms with E-state index in [4.69, 9.17) is 0 Å². The molecule has 100 valence electrons. The van der Waals surface area contributed by atoms with Crippen molar-refractivity contribution in [1.82, 2.24) is 14.8 Å². The molecule has 0 aliphatic carbocycles. The lowest BCUT2D eigenvalue weighted by atomic mass is 10.3. The van der Waals surface area contributed by atoms with Crippen molar-refractivity contribution in [2.45, 2.75) is 27.3 Å². The Morgan fingerprint density at radius 2 is 2.21 bits per heavy atom. The summed E-state index contributed by atoms with van der Waals surface area (Å²) in [5.41, 5.74) is 1.11. The largest absolute Gasteiger partial charge is 0.296 e. The minimum absolute atomic E-state index is 0.0471. The number of rotatable bonds is 4. The maximum absolute atomic E-state index is 12.1. The van der Waals surface area contributed by atoms with E-state index in [1.807, 2.05) is 6.92 Å². The van der Waals surface area contributed by atoms with Crippen LogP contribution in [0.1, 0.15) is 39.7 Å². The molecule has 0 aliphatic heterocycles. The van der Waals surface area contributed by atoms with Crippen molar-refractivity contribution in [2.75, 3.05) is 5.32 Å². The van der Waals surface area contributed by atoms with Crippen molar-refractivity contribution in [3.8, 4) is 0 Å². The number of hydrogen-bond acceptors (Lipinski definition) is 5. The summed E-state index contributed by atoms with van der Waals surface area (Å²) in [7, 11) is 0. The second-order valence-corrected chi connectivity index (χ2v) is 4.98. The average Bonchev–Trinajstić information content (AvgIpc) is 2.95. The minimum atomic E-state index is -0.275. The molecule has 0 radical (unpaired) electrons. The molecule has 0 fully saturated rings. The zero-order valence-corrected chi connectivity index (χ0v) is 11.7. The van der Waals surface area contributed by atoms with E-state index < -0.39 is 0 Å². The molecule has 0 bridgehead atoms. The number of nitrogens with zero attached hydrogens (tertiary/aromatic N) is 3. The quantitative estimate of drug-likeness (QED) is 0.869. The molecule has 0 saturated carbocycles. The number of nitrogens with one attached hydrogen (secondary N) is 1. The van der Waals surface area contributed by atoms with Crippen LogP contribution in [-0.4, -0.2) is 26.5 Å². The first-order chi connectivity index (χ1) is 9.02. The van der Waals surface area contributed by atoms with Gasteiger partial charge in [0, 0.05) is 19.7 Å². The van der Waals surface area contributed by atoms with Gasteiger partial charge in [-0.05, 0) is 19.9 Å². The molecular weight excluding hydrogens is 264 g/mol. The van der Waals surface area contributed by atoms with E-state index in [-0.39, 0.29) is 11.7 Å². The molecule has 0 aliphatic rings. The van der Waals surface area contributed by atoms with Crippen LogP contribution in [0.2, 0.25) is 0 Å². The van der Waals surface area contributed by atoms with Crippen LogP contribution in [-0.2, 0) is 6.54 Å². The molecule has 19 heavy (non-hydrogen) atoms. The molecule has 0 unspecified atom stereocenters. The molecule has 7 heteroatoms. The highest BCUT2D eigenvalue weighted by Gasteiger charge is 2.16. The van der Waals surface area contributed by atoms with E-state index in [1.165, 1.54) is 18.3 Å². The molecule has 1 amide bonds. The molecule has 0 spiro atoms. The van der Waals surface area contributed by atoms with Crippen molar-refractivity contribution < 1.29 is 9.59 Å². The lowest BCUT2D eigenvalue weighted by Crippen LogP contribution is -2.17. The standard InChI is InChI=1S/C12H14N4O2S/c1-4-16-9(5-6-13-16)11(18)15-12-14-7(2)10(19-12)8(3)17/h5-6H,4H2,1-3H3,(H,14,15,18). The number of hydrogen-bond donors (Lipinski definition) is 1. The van der Waals surface area contributed by atoms with Gasteiger partial charge in [0.1, 0.15) is 5.69 Å². The summed E-state index contributed by atoms with van der Waals surface area (Å²) >= 11 is 1.18. The number of carbonyl (C=O) groups is 2. The third-order valence-corrected chi connectivity index (χ3v) is 3.76. The number of ketones is 1. The second-order valence-electron chi connectivity index (χ2n) is 3.98. The van der Waals surface area contributed by atoms with Gasteiger partial charge in [-0.3, -0.25) is 19.6 Å². The van der Waals surface area contributed by atoms with Crippen LogP contribution in [0.4, 0.5) is 5.13 Å². The van der Waals surface area contributed by atoms with Crippen LogP contribution in [0.3, 0.4) is 0 Å². The zero-order valence-electron chi connectivity index (χ0n) is 10.9. The summed E-state index contributed by atoms with van der Waals surface area (Å²) in [5, 5.41) is 7.15. The molecule has 0 aromatic carbocycles. The topological polar surface area (TPSA) is 76.9 Å². The number of amides is 1. The highest BCUT2D eigenvalue weighted by atomic mass is 32.1. The molecule has 6 nitrogen and oxygen atoms in total. The highest BCUT2D eigenvalue weighted by Crippen LogP contribution is 2.23. The summed E-state index contributed by atoms with van der Waals surface area (Å²) in [6.45, 7) is 5.76. The summed E-state index contributed by atoms with van der Waals surface area (Å²) in [5.74, 6) is -0.322. The number of thiazole rings is 1. The molecular formula is C12H14N4O2S. The van der Waals surface area contributed by atoms with Gasteiger partial charge in [-0.1, -0.05) is 11.3 Å². The van der Waals surface area contributed by atoms with E-state index in [1.54, 1.807) is 23.9 Å². The van der Waals surface area contributed by atoms with Gasteiger partial charge in [-0.2, -0.15) is 5.10 Å². The van der Waals surface area contributed by atoms with E-state index in [9.17, 15) is 9.59 Å². The average molecular weight is 278 g/mol. The maximum Gasteiger partial charge on any atom is 0.275 e. The van der Waals surface area contributed by atoms with Crippen LogP contribution in [0.25, 0.3) is 0 Å². The number of aryl methyl sites for hydroxylation is 2. The first kappa shape index (κ1) is 13.4. The number of Topliss-reactive ketones (excluding diaryl/α,β-unsaturated/α-hetero) is 1. The monoisotopic (exact) mass is 278 g/mol. The van der Waals surface area contributed by atoms with Gasteiger partial charge < -0.3 is 0 Å².